The van der Waals surface area contributed by atoms with E-state index in [1.54, 1.807) is 30.5 Å². The van der Waals surface area contributed by atoms with Gasteiger partial charge in [-0.2, -0.15) is 4.98 Å². The normalized spacial score (nSPS) is 11.1. The molecule has 8 heteroatoms. The Morgan fingerprint density at radius 3 is 2.84 bits per heavy atom. The molecule has 1 aromatic carbocycles. The molecule has 0 radical (unpaired) electrons. The number of carbonyl (C=O) groups excluding carboxylic acids is 1. The lowest BCUT2D eigenvalue weighted by atomic mass is 10.1. The largest absolute Gasteiger partial charge is 0.423 e. The summed E-state index contributed by atoms with van der Waals surface area (Å²) in [6.07, 6.45) is 1.61. The van der Waals surface area contributed by atoms with E-state index < -0.39 is 11.5 Å². The first-order chi connectivity index (χ1) is 12.0. The van der Waals surface area contributed by atoms with Crippen LogP contribution in [0.1, 0.15) is 21.9 Å². The molecular weight excluding hydrogens is 322 g/mol. The van der Waals surface area contributed by atoms with Crippen LogP contribution in [0.3, 0.4) is 0 Å². The summed E-state index contributed by atoms with van der Waals surface area (Å²) in [5.74, 6) is -0.114. The third-order valence-corrected chi connectivity index (χ3v) is 3.84. The Morgan fingerprint density at radius 1 is 1.20 bits per heavy atom. The quantitative estimate of drug-likeness (QED) is 0.563. The lowest BCUT2D eigenvalue weighted by Gasteiger charge is -2.05. The molecule has 0 saturated carbocycles. The Labute approximate surface area is 141 Å². The van der Waals surface area contributed by atoms with Gasteiger partial charge in [-0.15, -0.1) is 5.10 Å². The zero-order valence-electron chi connectivity index (χ0n) is 13.5. The molecule has 0 spiro atoms. The first-order valence-electron chi connectivity index (χ1n) is 7.55. The Bertz CT molecular complexity index is 1190. The number of rotatable bonds is 2. The van der Waals surface area contributed by atoms with Gasteiger partial charge in [-0.3, -0.25) is 4.79 Å². The summed E-state index contributed by atoms with van der Waals surface area (Å²) in [5.41, 5.74) is 2.09. The summed E-state index contributed by atoms with van der Waals surface area (Å²) in [4.78, 5) is 32.1. The number of carbonyl (C=O) groups is 1. The molecule has 0 fully saturated rings. The Hall–Kier alpha value is -3.55. The highest BCUT2D eigenvalue weighted by molar-refractivity contribution is 6.02. The van der Waals surface area contributed by atoms with Gasteiger partial charge in [-0.1, -0.05) is 0 Å². The van der Waals surface area contributed by atoms with Gasteiger partial charge in [-0.25, -0.2) is 14.3 Å². The van der Waals surface area contributed by atoms with Gasteiger partial charge in [0.2, 0.25) is 5.82 Å². The van der Waals surface area contributed by atoms with E-state index in [2.05, 4.69) is 20.4 Å². The third kappa shape index (κ3) is 2.63. The van der Waals surface area contributed by atoms with Gasteiger partial charge in [0.1, 0.15) is 5.58 Å². The number of fused-ring (bicyclic) bond motifs is 2. The monoisotopic (exact) mass is 335 g/mol. The molecule has 0 unspecified atom stereocenters. The zero-order chi connectivity index (χ0) is 17.6. The average Bonchev–Trinajstić information content (AvgIpc) is 3.00. The van der Waals surface area contributed by atoms with Crippen molar-refractivity contribution in [2.45, 2.75) is 13.8 Å². The minimum absolute atomic E-state index is 0.00703. The van der Waals surface area contributed by atoms with Crippen LogP contribution < -0.4 is 10.9 Å². The summed E-state index contributed by atoms with van der Waals surface area (Å²) in [5, 5.41) is 7.67. The number of hydrogen-bond donors (Lipinski definition) is 1. The van der Waals surface area contributed by atoms with Crippen LogP contribution in [-0.4, -0.2) is 25.5 Å². The fraction of sp³-hybridized carbons (Fsp3) is 0.118. The summed E-state index contributed by atoms with van der Waals surface area (Å²) >= 11 is 0. The highest BCUT2D eigenvalue weighted by Gasteiger charge is 2.15. The Kier molecular flexibility index (Phi) is 3.31. The maximum absolute atomic E-state index is 12.4. The van der Waals surface area contributed by atoms with Gasteiger partial charge < -0.3 is 9.73 Å². The first kappa shape index (κ1) is 15.0. The van der Waals surface area contributed by atoms with Crippen molar-refractivity contribution in [2.75, 3.05) is 5.32 Å². The molecule has 4 aromatic rings. The minimum Gasteiger partial charge on any atom is -0.423 e. The molecule has 8 nitrogen and oxygen atoms in total. The van der Waals surface area contributed by atoms with Gasteiger partial charge >= 0.3 is 5.63 Å². The van der Waals surface area contributed by atoms with Crippen molar-refractivity contribution in [3.05, 3.63) is 64.0 Å². The Morgan fingerprint density at radius 2 is 2.04 bits per heavy atom. The number of hydrogen-bond acceptors (Lipinski definition) is 6. The predicted octanol–water partition coefficient (Wildman–Crippen LogP) is 2.10. The first-order valence-corrected chi connectivity index (χ1v) is 7.55. The van der Waals surface area contributed by atoms with Crippen molar-refractivity contribution in [2.24, 2.45) is 0 Å². The van der Waals surface area contributed by atoms with Crippen molar-refractivity contribution >= 4 is 28.3 Å². The number of benzene rings is 1. The van der Waals surface area contributed by atoms with Crippen molar-refractivity contribution in [1.29, 1.82) is 0 Å². The van der Waals surface area contributed by atoms with E-state index in [0.29, 0.717) is 17.0 Å². The fourth-order valence-electron chi connectivity index (χ4n) is 2.59. The maximum Gasteiger partial charge on any atom is 0.336 e. The molecule has 4 rings (SSSR count). The average molecular weight is 335 g/mol. The summed E-state index contributed by atoms with van der Waals surface area (Å²) in [7, 11) is 0. The lowest BCUT2D eigenvalue weighted by Crippen LogP contribution is -2.14. The second-order valence-corrected chi connectivity index (χ2v) is 5.65. The highest BCUT2D eigenvalue weighted by atomic mass is 16.4. The number of aryl methyl sites for hydroxylation is 2. The van der Waals surface area contributed by atoms with Crippen LogP contribution in [0.25, 0.3) is 16.7 Å². The van der Waals surface area contributed by atoms with Gasteiger partial charge in [-0.05, 0) is 37.6 Å². The molecule has 0 atom stereocenters. The van der Waals surface area contributed by atoms with Crippen LogP contribution in [0.2, 0.25) is 0 Å². The van der Waals surface area contributed by atoms with Crippen LogP contribution >= 0.6 is 0 Å². The standard InChI is InChI=1S/C17H13N5O3/c1-9-7-14(23)25-13-8-11(3-4-12(9)13)19-16(24)15-20-17-18-6-5-10(2)22(17)21-15/h3-8H,1-2H3,(H,19,24). The van der Waals surface area contributed by atoms with E-state index in [1.807, 2.05) is 13.8 Å². The minimum atomic E-state index is -0.473. The maximum atomic E-state index is 12.4. The van der Waals surface area contributed by atoms with E-state index in [4.69, 9.17) is 4.42 Å². The van der Waals surface area contributed by atoms with Crippen molar-refractivity contribution in [1.82, 2.24) is 19.6 Å². The predicted molar refractivity (Wildman–Crippen MR) is 90.7 cm³/mol. The molecule has 0 aliphatic heterocycles. The second-order valence-electron chi connectivity index (χ2n) is 5.65. The summed E-state index contributed by atoms with van der Waals surface area (Å²) in [6.45, 7) is 3.67. The van der Waals surface area contributed by atoms with Crippen molar-refractivity contribution in [3.8, 4) is 0 Å². The van der Waals surface area contributed by atoms with Crippen molar-refractivity contribution in [3.63, 3.8) is 0 Å². The third-order valence-electron chi connectivity index (χ3n) is 3.84. The van der Waals surface area contributed by atoms with Crippen LogP contribution in [0.15, 0.2) is 45.7 Å². The van der Waals surface area contributed by atoms with Crippen molar-refractivity contribution < 1.29 is 9.21 Å². The van der Waals surface area contributed by atoms with Crippen LogP contribution in [0, 0.1) is 13.8 Å². The molecule has 1 amide bonds. The number of aromatic nitrogens is 4. The molecule has 0 aliphatic rings. The zero-order valence-corrected chi connectivity index (χ0v) is 13.5. The smallest absolute Gasteiger partial charge is 0.336 e. The Balaban J connectivity index is 1.68. The topological polar surface area (TPSA) is 102 Å². The molecule has 0 bridgehead atoms. The summed E-state index contributed by atoms with van der Waals surface area (Å²) < 4.78 is 6.68. The number of amides is 1. The molecule has 1 N–H and O–H groups in total. The highest BCUT2D eigenvalue weighted by Crippen LogP contribution is 2.21. The molecule has 3 heterocycles. The van der Waals surface area contributed by atoms with E-state index >= 15 is 0 Å². The van der Waals surface area contributed by atoms with Gasteiger partial charge in [0.15, 0.2) is 0 Å². The number of nitrogens with zero attached hydrogens (tertiary/aromatic N) is 4. The second kappa shape index (κ2) is 5.52. The SMILES string of the molecule is Cc1cc(=O)oc2cc(NC(=O)c3nc4nccc(C)n4n3)ccc12. The van der Waals surface area contributed by atoms with E-state index in [1.165, 1.54) is 10.6 Å². The van der Waals surface area contributed by atoms with E-state index in [-0.39, 0.29) is 5.82 Å². The number of nitrogens with one attached hydrogen (secondary N) is 1. The fourth-order valence-corrected chi connectivity index (χ4v) is 2.59. The van der Waals surface area contributed by atoms with Crippen LogP contribution in [0.4, 0.5) is 5.69 Å². The molecule has 0 aliphatic carbocycles. The molecule has 25 heavy (non-hydrogen) atoms. The summed E-state index contributed by atoms with van der Waals surface area (Å²) in [6, 6.07) is 8.31. The van der Waals surface area contributed by atoms with Gasteiger partial charge in [0.05, 0.1) is 0 Å². The van der Waals surface area contributed by atoms with Crippen LogP contribution in [-0.2, 0) is 0 Å². The molecule has 0 saturated heterocycles. The van der Waals surface area contributed by atoms with Gasteiger partial charge in [0.25, 0.3) is 11.7 Å². The number of anilines is 1. The lowest BCUT2D eigenvalue weighted by molar-refractivity contribution is 0.101. The van der Waals surface area contributed by atoms with E-state index in [9.17, 15) is 9.59 Å². The molecule has 3 aromatic heterocycles. The van der Waals surface area contributed by atoms with Gasteiger partial charge in [0, 0.05) is 35.1 Å². The van der Waals surface area contributed by atoms with Crippen LogP contribution in [0.5, 0.6) is 0 Å². The molecule has 124 valence electrons. The molecular formula is C17H13N5O3. The van der Waals surface area contributed by atoms with E-state index in [0.717, 1.165) is 16.6 Å².